The summed E-state index contributed by atoms with van der Waals surface area (Å²) in [6.45, 7) is 0. The van der Waals surface area contributed by atoms with Crippen LogP contribution in [-0.4, -0.2) is 74.0 Å². The molecule has 0 fully saturated rings. The van der Waals surface area contributed by atoms with Crippen LogP contribution in [0.1, 0.15) is 0 Å². The second-order valence-electron chi connectivity index (χ2n) is 0.100. The van der Waals surface area contributed by atoms with Gasteiger partial charge in [-0.3, -0.25) is 0 Å². The van der Waals surface area contributed by atoms with Gasteiger partial charge in [-0.15, -0.1) is 12.4 Å². The van der Waals surface area contributed by atoms with Crippen LogP contribution in [0.4, 0.5) is 0 Å². The Bertz CT molecular complexity index is 33.1. The molecule has 4 heteroatoms. The van der Waals surface area contributed by atoms with Gasteiger partial charge >= 0.3 is 68.9 Å². The molecule has 5 heavy (non-hydrogen) atoms. The van der Waals surface area contributed by atoms with Gasteiger partial charge < -0.3 is 5.11 Å². The first kappa shape index (κ1) is 15.9. The number of hydrogen-bond donors (Lipinski definition) is 1. The van der Waals surface area contributed by atoms with Gasteiger partial charge in [0.25, 0.3) is 6.26 Å². The van der Waals surface area contributed by atoms with E-state index >= 15 is 0 Å². The minimum absolute atomic E-state index is 0. The normalized spacial score (nSPS) is 1.40. The third-order valence-electron chi connectivity index (χ3n) is 0. The number of aliphatic hydroxyl groups excluding tert-OH is 1. The van der Waals surface area contributed by atoms with E-state index in [0.29, 0.717) is 0 Å². The molecule has 0 spiro atoms. The SMILES string of the molecule is Cl.N#CO.[CsH]. The first-order chi connectivity index (χ1) is 1.41. The predicted octanol–water partition coefficient (Wildman–Crippen LogP) is -0.387. The van der Waals surface area contributed by atoms with Crippen molar-refractivity contribution >= 4 is 81.3 Å². The molecule has 0 aliphatic heterocycles. The molecular weight excluding hydrogens is 210 g/mol. The molecule has 0 bridgehead atoms. The van der Waals surface area contributed by atoms with E-state index in [9.17, 15) is 0 Å². The molecular formula is CH3ClCsNO. The van der Waals surface area contributed by atoms with Gasteiger partial charge in [-0.1, -0.05) is 0 Å². The molecule has 0 rings (SSSR count). The second-order valence-corrected chi connectivity index (χ2v) is 0.100. The van der Waals surface area contributed by atoms with Gasteiger partial charge in [-0.05, 0) is 0 Å². The second kappa shape index (κ2) is 17.4. The zero-order valence-electron chi connectivity index (χ0n) is 1.80. The maximum absolute atomic E-state index is 6.88. The number of rotatable bonds is 0. The van der Waals surface area contributed by atoms with Crippen LogP contribution in [0.15, 0.2) is 0 Å². The summed E-state index contributed by atoms with van der Waals surface area (Å²) in [5.74, 6) is 0. The quantitative estimate of drug-likeness (QED) is 0.557. The van der Waals surface area contributed by atoms with Gasteiger partial charge in [0.2, 0.25) is 0 Å². The summed E-state index contributed by atoms with van der Waals surface area (Å²) in [5.41, 5.74) is 0. The van der Waals surface area contributed by atoms with E-state index in [2.05, 4.69) is 0 Å². The molecule has 0 radical (unpaired) electrons. The van der Waals surface area contributed by atoms with Crippen molar-refractivity contribution < 1.29 is 5.11 Å². The van der Waals surface area contributed by atoms with Crippen LogP contribution in [0.5, 0.6) is 0 Å². The van der Waals surface area contributed by atoms with Gasteiger partial charge in [0.15, 0.2) is 0 Å². The summed E-state index contributed by atoms with van der Waals surface area (Å²) in [6.07, 6.45) is 0.750. The Labute approximate surface area is 95.4 Å². The summed E-state index contributed by atoms with van der Waals surface area (Å²) in [4.78, 5) is 0. The fourth-order valence-corrected chi connectivity index (χ4v) is 0. The van der Waals surface area contributed by atoms with Gasteiger partial charge in [0, 0.05) is 0 Å². The number of aliphatic hydroxyl groups is 1. The van der Waals surface area contributed by atoms with Crippen molar-refractivity contribution in [2.75, 3.05) is 0 Å². The Morgan fingerprint density at radius 1 is 1.60 bits per heavy atom. The van der Waals surface area contributed by atoms with Crippen LogP contribution in [0.25, 0.3) is 0 Å². The van der Waals surface area contributed by atoms with E-state index in [-0.39, 0.29) is 81.3 Å². The van der Waals surface area contributed by atoms with Gasteiger partial charge in [0.05, 0.1) is 0 Å². The Balaban J connectivity index is -0.0000000200. The Morgan fingerprint density at radius 3 is 1.60 bits per heavy atom. The molecule has 0 aromatic heterocycles. The van der Waals surface area contributed by atoms with Gasteiger partial charge in [-0.2, -0.15) is 5.26 Å². The molecule has 0 aliphatic carbocycles. The first-order valence-electron chi connectivity index (χ1n) is 0.447. The molecule has 0 aromatic rings. The van der Waals surface area contributed by atoms with Crippen LogP contribution < -0.4 is 0 Å². The average Bonchev–Trinajstić information content (AvgIpc) is 0.918. The molecule has 0 unspecified atom stereocenters. The van der Waals surface area contributed by atoms with E-state index in [4.69, 9.17) is 10.4 Å². The van der Waals surface area contributed by atoms with Crippen molar-refractivity contribution in [2.24, 2.45) is 0 Å². The van der Waals surface area contributed by atoms with E-state index in [1.807, 2.05) is 0 Å². The molecule has 26 valence electrons. The first-order valence-corrected chi connectivity index (χ1v) is 0.447. The third-order valence-corrected chi connectivity index (χ3v) is 0. The van der Waals surface area contributed by atoms with Crippen molar-refractivity contribution in [1.82, 2.24) is 0 Å². The van der Waals surface area contributed by atoms with Gasteiger partial charge in [-0.25, -0.2) is 0 Å². The minimum atomic E-state index is 0. The van der Waals surface area contributed by atoms with Crippen molar-refractivity contribution in [3.8, 4) is 6.26 Å². The van der Waals surface area contributed by atoms with Crippen molar-refractivity contribution in [3.05, 3.63) is 0 Å². The van der Waals surface area contributed by atoms with Crippen molar-refractivity contribution in [2.45, 2.75) is 0 Å². The standard InChI is InChI=1S/CHNO.ClH.Cs.H/c2-1-3;;;/h3H;1H;;. The molecule has 0 amide bonds. The summed E-state index contributed by atoms with van der Waals surface area (Å²) in [6, 6.07) is 0. The number of hydrogen-bond acceptors (Lipinski definition) is 2. The average molecular weight is 213 g/mol. The monoisotopic (exact) mass is 213 g/mol. The Morgan fingerprint density at radius 2 is 1.60 bits per heavy atom. The van der Waals surface area contributed by atoms with Crippen LogP contribution in [-0.2, 0) is 0 Å². The molecule has 1 N–H and O–H groups in total. The zero-order chi connectivity index (χ0) is 2.71. The summed E-state index contributed by atoms with van der Waals surface area (Å²) < 4.78 is 0. The Hall–Kier alpha value is 1.63. The van der Waals surface area contributed by atoms with E-state index in [1.165, 1.54) is 0 Å². The van der Waals surface area contributed by atoms with E-state index in [0.717, 1.165) is 6.26 Å². The fraction of sp³-hybridized carbons (Fsp3) is 0. The summed E-state index contributed by atoms with van der Waals surface area (Å²) in [7, 11) is 0. The molecule has 0 atom stereocenters. The molecule has 0 heterocycles. The van der Waals surface area contributed by atoms with Crippen LogP contribution in [0, 0.1) is 11.5 Å². The molecule has 0 saturated carbocycles. The number of halogens is 1. The molecule has 0 aromatic carbocycles. The van der Waals surface area contributed by atoms with Crippen LogP contribution in [0.2, 0.25) is 0 Å². The topological polar surface area (TPSA) is 44.0 Å². The molecule has 0 aliphatic rings. The fourth-order valence-electron chi connectivity index (χ4n) is 0. The van der Waals surface area contributed by atoms with E-state index < -0.39 is 0 Å². The Kier molecular flexibility index (Phi) is 55.6. The third kappa shape index (κ3) is 27.9. The van der Waals surface area contributed by atoms with Crippen LogP contribution >= 0.6 is 12.4 Å². The molecule has 2 nitrogen and oxygen atoms in total. The van der Waals surface area contributed by atoms with Crippen molar-refractivity contribution in [3.63, 3.8) is 0 Å². The maximum atomic E-state index is 6.88. The van der Waals surface area contributed by atoms with E-state index in [1.54, 1.807) is 0 Å². The van der Waals surface area contributed by atoms with Gasteiger partial charge in [0.1, 0.15) is 0 Å². The number of nitriles is 1. The summed E-state index contributed by atoms with van der Waals surface area (Å²) in [5, 5.41) is 13.8. The van der Waals surface area contributed by atoms with Crippen molar-refractivity contribution in [1.29, 1.82) is 5.26 Å². The number of nitrogens with zero attached hydrogens (tertiary/aromatic N) is 1. The zero-order valence-corrected chi connectivity index (χ0v) is 2.62. The predicted molar refractivity (Wildman–Crippen MR) is 21.9 cm³/mol. The van der Waals surface area contributed by atoms with Crippen LogP contribution in [0.3, 0.4) is 0 Å². The molecule has 0 saturated heterocycles. The summed E-state index contributed by atoms with van der Waals surface area (Å²) >= 11 is 0.